The van der Waals surface area contributed by atoms with Crippen LogP contribution in [0.5, 0.6) is 0 Å². The Bertz CT molecular complexity index is 1230. The lowest BCUT2D eigenvalue weighted by molar-refractivity contribution is -0.384. The molecular weight excluding hydrogens is 460 g/mol. The van der Waals surface area contributed by atoms with Crippen LogP contribution in [0.1, 0.15) is 38.8 Å². The zero-order valence-corrected chi connectivity index (χ0v) is 19.0. The Balaban J connectivity index is 1.74. The van der Waals surface area contributed by atoms with Crippen LogP contribution in [-0.2, 0) is 16.1 Å². The third kappa shape index (κ3) is 5.85. The Morgan fingerprint density at radius 1 is 0.971 bits per heavy atom. The number of carbonyl (C=O) groups is 3. The van der Waals surface area contributed by atoms with Crippen LogP contribution in [0.3, 0.4) is 0 Å². The Hall–Kier alpha value is -4.04. The van der Waals surface area contributed by atoms with E-state index in [9.17, 15) is 24.5 Å². The van der Waals surface area contributed by atoms with Gasteiger partial charge in [-0.2, -0.15) is 0 Å². The molecule has 0 spiro atoms. The van der Waals surface area contributed by atoms with Gasteiger partial charge in [-0.1, -0.05) is 60.1 Å². The fourth-order valence-electron chi connectivity index (χ4n) is 3.28. The topological polar surface area (TPSA) is 107 Å². The zero-order valence-electron chi connectivity index (χ0n) is 18.3. The molecule has 0 saturated heterocycles. The third-order valence-electron chi connectivity index (χ3n) is 5.07. The number of ether oxygens (including phenoxy) is 1. The summed E-state index contributed by atoms with van der Waals surface area (Å²) in [6.07, 6.45) is 0. The number of carbonyl (C=O) groups excluding carboxylic acids is 3. The van der Waals surface area contributed by atoms with Crippen molar-refractivity contribution >= 4 is 34.9 Å². The van der Waals surface area contributed by atoms with E-state index in [1.807, 2.05) is 37.3 Å². The number of likely N-dealkylation sites (N-methyl/N-ethyl adjacent to an activating group) is 1. The maximum atomic E-state index is 13.0. The van der Waals surface area contributed by atoms with Crippen LogP contribution < -0.4 is 0 Å². The number of halogens is 1. The second-order valence-electron chi connectivity index (χ2n) is 7.27. The highest BCUT2D eigenvalue weighted by atomic mass is 35.5. The maximum Gasteiger partial charge on any atom is 0.339 e. The largest absolute Gasteiger partial charge is 0.452 e. The summed E-state index contributed by atoms with van der Waals surface area (Å²) in [4.78, 5) is 50.3. The lowest BCUT2D eigenvalue weighted by Gasteiger charge is -2.21. The minimum atomic E-state index is -0.850. The molecule has 0 aromatic heterocycles. The minimum Gasteiger partial charge on any atom is -0.452 e. The molecule has 3 aromatic carbocycles. The summed E-state index contributed by atoms with van der Waals surface area (Å²) in [5.74, 6) is -1.84. The summed E-state index contributed by atoms with van der Waals surface area (Å²) in [5, 5.41) is 11.0. The summed E-state index contributed by atoms with van der Waals surface area (Å²) in [6, 6.07) is 19.0. The lowest BCUT2D eigenvalue weighted by atomic mass is 9.98. The number of esters is 1. The number of ketones is 1. The van der Waals surface area contributed by atoms with Gasteiger partial charge in [0.25, 0.3) is 11.6 Å². The molecule has 0 aliphatic carbocycles. The first-order valence-corrected chi connectivity index (χ1v) is 10.8. The van der Waals surface area contributed by atoms with Gasteiger partial charge < -0.3 is 9.64 Å². The second-order valence-corrected chi connectivity index (χ2v) is 7.67. The molecule has 0 N–H and O–H groups in total. The van der Waals surface area contributed by atoms with E-state index in [0.29, 0.717) is 13.1 Å². The molecule has 0 aliphatic heterocycles. The van der Waals surface area contributed by atoms with Crippen LogP contribution >= 0.6 is 11.6 Å². The third-order valence-corrected chi connectivity index (χ3v) is 5.39. The van der Waals surface area contributed by atoms with E-state index in [-0.39, 0.29) is 27.6 Å². The van der Waals surface area contributed by atoms with Crippen molar-refractivity contribution in [2.45, 2.75) is 13.5 Å². The number of nitrogens with zero attached hydrogens (tertiary/aromatic N) is 2. The normalized spacial score (nSPS) is 10.4. The van der Waals surface area contributed by atoms with Crippen LogP contribution in [0.25, 0.3) is 0 Å². The predicted octanol–water partition coefficient (Wildman–Crippen LogP) is 4.68. The highest BCUT2D eigenvalue weighted by Gasteiger charge is 2.23. The Morgan fingerprint density at radius 2 is 1.62 bits per heavy atom. The molecule has 0 unspecified atom stereocenters. The first-order valence-electron chi connectivity index (χ1n) is 10.4. The molecular formula is C25H21ClN2O6. The number of nitro benzene ring substituents is 1. The molecule has 1 amide bonds. The fraction of sp³-hybridized carbons (Fsp3) is 0.160. The van der Waals surface area contributed by atoms with Gasteiger partial charge in [0, 0.05) is 30.3 Å². The van der Waals surface area contributed by atoms with Gasteiger partial charge in [0.1, 0.15) is 5.02 Å². The predicted molar refractivity (Wildman–Crippen MR) is 126 cm³/mol. The van der Waals surface area contributed by atoms with Crippen LogP contribution in [0.2, 0.25) is 5.02 Å². The van der Waals surface area contributed by atoms with Gasteiger partial charge in [-0.25, -0.2) is 4.79 Å². The molecule has 174 valence electrons. The second kappa shape index (κ2) is 11.2. The molecule has 3 aromatic rings. The number of hydrogen-bond donors (Lipinski definition) is 0. The minimum absolute atomic E-state index is 0.00629. The van der Waals surface area contributed by atoms with Crippen molar-refractivity contribution in [1.29, 1.82) is 0 Å². The molecule has 0 atom stereocenters. The van der Waals surface area contributed by atoms with Crippen LogP contribution in [0.15, 0.2) is 72.8 Å². The molecule has 8 nitrogen and oxygen atoms in total. The van der Waals surface area contributed by atoms with E-state index < -0.39 is 29.0 Å². The Labute approximate surface area is 200 Å². The molecule has 0 aliphatic rings. The smallest absolute Gasteiger partial charge is 0.339 e. The number of amides is 1. The number of hydrogen-bond acceptors (Lipinski definition) is 6. The first-order chi connectivity index (χ1) is 16.3. The zero-order chi connectivity index (χ0) is 24.7. The highest BCUT2D eigenvalue weighted by Crippen LogP contribution is 2.27. The molecule has 9 heteroatoms. The molecule has 0 bridgehead atoms. The van der Waals surface area contributed by atoms with Crippen LogP contribution in [-0.4, -0.2) is 40.6 Å². The van der Waals surface area contributed by atoms with Crippen molar-refractivity contribution in [3.05, 3.63) is 110 Å². The van der Waals surface area contributed by atoms with Crippen LogP contribution in [0.4, 0.5) is 5.69 Å². The number of nitro groups is 1. The van der Waals surface area contributed by atoms with Crippen molar-refractivity contribution in [3.8, 4) is 0 Å². The molecule has 0 fully saturated rings. The summed E-state index contributed by atoms with van der Waals surface area (Å²) in [7, 11) is 0. The molecule has 0 heterocycles. The summed E-state index contributed by atoms with van der Waals surface area (Å²) >= 11 is 5.82. The molecule has 34 heavy (non-hydrogen) atoms. The van der Waals surface area contributed by atoms with Gasteiger partial charge in [0.05, 0.1) is 10.5 Å². The van der Waals surface area contributed by atoms with Gasteiger partial charge in [-0.3, -0.25) is 19.7 Å². The average molecular weight is 481 g/mol. The van der Waals surface area contributed by atoms with Crippen molar-refractivity contribution in [1.82, 2.24) is 4.90 Å². The summed E-state index contributed by atoms with van der Waals surface area (Å²) in [6.45, 7) is 2.13. The van der Waals surface area contributed by atoms with Crippen molar-refractivity contribution in [2.24, 2.45) is 0 Å². The van der Waals surface area contributed by atoms with Crippen molar-refractivity contribution < 1.29 is 24.0 Å². The molecule has 3 rings (SSSR count). The fourth-order valence-corrected chi connectivity index (χ4v) is 3.47. The van der Waals surface area contributed by atoms with Gasteiger partial charge in [-0.05, 0) is 30.7 Å². The number of rotatable bonds is 9. The summed E-state index contributed by atoms with van der Waals surface area (Å²) in [5.41, 5.74) is 0.456. The number of benzene rings is 3. The Kier molecular flexibility index (Phi) is 8.10. The SMILES string of the molecule is CCN(Cc1ccccc1)C(=O)COC(=O)c1ccccc1C(=O)c1ccc(Cl)c([N+](=O)[O-])c1. The van der Waals surface area contributed by atoms with Gasteiger partial charge in [-0.15, -0.1) is 0 Å². The molecule has 0 radical (unpaired) electrons. The quantitative estimate of drug-likeness (QED) is 0.190. The van der Waals surface area contributed by atoms with Crippen molar-refractivity contribution in [3.63, 3.8) is 0 Å². The Morgan fingerprint density at radius 3 is 2.26 bits per heavy atom. The van der Waals surface area contributed by atoms with Gasteiger partial charge >= 0.3 is 5.97 Å². The van der Waals surface area contributed by atoms with Crippen LogP contribution in [0, 0.1) is 10.1 Å². The van der Waals surface area contributed by atoms with E-state index in [0.717, 1.165) is 11.6 Å². The highest BCUT2D eigenvalue weighted by molar-refractivity contribution is 6.33. The maximum absolute atomic E-state index is 13.0. The lowest BCUT2D eigenvalue weighted by Crippen LogP contribution is -2.34. The summed E-state index contributed by atoms with van der Waals surface area (Å²) < 4.78 is 5.21. The van der Waals surface area contributed by atoms with E-state index >= 15 is 0 Å². The van der Waals surface area contributed by atoms with Gasteiger partial charge in [0.2, 0.25) is 0 Å². The first kappa shape index (κ1) is 24.6. The van der Waals surface area contributed by atoms with E-state index in [1.165, 1.54) is 24.3 Å². The van der Waals surface area contributed by atoms with E-state index in [2.05, 4.69) is 0 Å². The average Bonchev–Trinajstić information content (AvgIpc) is 2.86. The van der Waals surface area contributed by atoms with E-state index in [4.69, 9.17) is 16.3 Å². The molecule has 0 saturated carbocycles. The van der Waals surface area contributed by atoms with Crippen molar-refractivity contribution in [2.75, 3.05) is 13.2 Å². The van der Waals surface area contributed by atoms with E-state index in [1.54, 1.807) is 17.0 Å². The van der Waals surface area contributed by atoms with Gasteiger partial charge in [0.15, 0.2) is 12.4 Å². The monoisotopic (exact) mass is 480 g/mol. The standard InChI is InChI=1S/C25H21ClN2O6/c1-2-27(15-17-8-4-3-5-9-17)23(29)16-34-25(31)20-11-7-6-10-19(20)24(30)18-12-13-21(26)22(14-18)28(32)33/h3-14H,2,15-16H2,1H3.